The maximum atomic E-state index is 3.28. The largest absolute Gasteiger partial charge is 0.310 e. The van der Waals surface area contributed by atoms with Crippen LogP contribution in [0.5, 0.6) is 0 Å². The summed E-state index contributed by atoms with van der Waals surface area (Å²) in [6, 6.07) is 0. The van der Waals surface area contributed by atoms with Crippen LogP contribution in [0.3, 0.4) is 0 Å². The van der Waals surface area contributed by atoms with Crippen LogP contribution >= 0.6 is 0 Å². The molecule has 0 aromatic carbocycles. The van der Waals surface area contributed by atoms with E-state index in [-0.39, 0.29) is 0 Å². The summed E-state index contributed by atoms with van der Waals surface area (Å²) in [4.78, 5) is 0. The van der Waals surface area contributed by atoms with Gasteiger partial charge in [0.05, 0.1) is 0 Å². The van der Waals surface area contributed by atoms with Crippen molar-refractivity contribution in [1.29, 1.82) is 0 Å². The molecule has 0 fully saturated rings. The third-order valence-corrected chi connectivity index (χ3v) is 1.69. The van der Waals surface area contributed by atoms with Crippen LogP contribution < -0.4 is 5.32 Å². The molecule has 0 saturated carbocycles. The van der Waals surface area contributed by atoms with E-state index in [1.807, 2.05) is 0 Å². The highest BCUT2D eigenvalue weighted by atomic mass is 14.8. The summed E-state index contributed by atoms with van der Waals surface area (Å²) in [6.07, 6.45) is 4.33. The highest BCUT2D eigenvalue weighted by Crippen LogP contribution is 2.05. The van der Waals surface area contributed by atoms with E-state index in [2.05, 4.69) is 31.3 Å². The molecule has 1 nitrogen and oxygen atoms in total. The lowest BCUT2D eigenvalue weighted by atomic mass is 10.1. The molecule has 0 spiro atoms. The van der Waals surface area contributed by atoms with E-state index >= 15 is 0 Å². The third-order valence-electron chi connectivity index (χ3n) is 1.69. The van der Waals surface area contributed by atoms with Gasteiger partial charge in [0.2, 0.25) is 0 Å². The minimum absolute atomic E-state index is 1.01. The van der Waals surface area contributed by atoms with Crippen molar-refractivity contribution in [2.24, 2.45) is 0 Å². The zero-order chi connectivity index (χ0) is 6.69. The van der Waals surface area contributed by atoms with E-state index in [1.54, 1.807) is 0 Å². The second-order valence-corrected chi connectivity index (χ2v) is 2.50. The zero-order valence-electron chi connectivity index (χ0n) is 6.07. The lowest BCUT2D eigenvalue weighted by Crippen LogP contribution is -2.14. The van der Waals surface area contributed by atoms with Crippen LogP contribution in [0.15, 0.2) is 23.3 Å². The normalized spacial score (nSPS) is 20.2. The van der Waals surface area contributed by atoms with Gasteiger partial charge in [-0.05, 0) is 13.8 Å². The van der Waals surface area contributed by atoms with E-state index in [4.69, 9.17) is 0 Å². The monoisotopic (exact) mass is 123 g/mol. The number of nitrogens with one attached hydrogen (secondary N) is 1. The molecule has 1 aliphatic heterocycles. The summed E-state index contributed by atoms with van der Waals surface area (Å²) in [6.45, 7) is 6.37. The number of allylic oxidation sites excluding steroid dienone is 2. The van der Waals surface area contributed by atoms with Gasteiger partial charge in [-0.25, -0.2) is 0 Å². The first-order chi connectivity index (χ1) is 4.30. The van der Waals surface area contributed by atoms with Crippen LogP contribution in [-0.2, 0) is 0 Å². The van der Waals surface area contributed by atoms with Gasteiger partial charge in [0.25, 0.3) is 0 Å². The summed E-state index contributed by atoms with van der Waals surface area (Å²) in [5.74, 6) is 0. The molecule has 0 aromatic rings. The van der Waals surface area contributed by atoms with Crippen molar-refractivity contribution in [1.82, 2.24) is 5.32 Å². The van der Waals surface area contributed by atoms with Crippen molar-refractivity contribution < 1.29 is 0 Å². The van der Waals surface area contributed by atoms with Gasteiger partial charge in [0.15, 0.2) is 0 Å². The Morgan fingerprint density at radius 2 is 2.22 bits per heavy atom. The van der Waals surface area contributed by atoms with Gasteiger partial charge in [0.1, 0.15) is 0 Å². The topological polar surface area (TPSA) is 12.0 Å². The summed E-state index contributed by atoms with van der Waals surface area (Å²) in [5, 5.41) is 3.28. The number of hydrogen-bond donors (Lipinski definition) is 1. The van der Waals surface area contributed by atoms with Crippen molar-refractivity contribution >= 4 is 0 Å². The fourth-order valence-corrected chi connectivity index (χ4v) is 0.860. The first-order valence-corrected chi connectivity index (χ1v) is 3.34. The molecule has 1 aliphatic rings. The molecule has 0 unspecified atom stereocenters. The van der Waals surface area contributed by atoms with E-state index in [0.29, 0.717) is 0 Å². The Morgan fingerprint density at radius 3 is 3.00 bits per heavy atom. The molecule has 0 aromatic heterocycles. The molecule has 0 aliphatic carbocycles. The second kappa shape index (κ2) is 2.83. The number of rotatable bonds is 0. The standard InChI is InChI=1S/C8H13N/c1-7-4-3-5-9-6-8(7)2/h3-4,9H,5-6H2,1-2H3. The predicted octanol–water partition coefficient (Wildman–Crippen LogP) is 1.48. The third kappa shape index (κ3) is 1.68. The molecule has 0 saturated heterocycles. The first-order valence-electron chi connectivity index (χ1n) is 3.34. The molecular weight excluding hydrogens is 110 g/mol. The minimum Gasteiger partial charge on any atom is -0.310 e. The van der Waals surface area contributed by atoms with Crippen molar-refractivity contribution in [2.45, 2.75) is 13.8 Å². The molecule has 1 N–H and O–H groups in total. The van der Waals surface area contributed by atoms with Crippen LogP contribution in [0.25, 0.3) is 0 Å². The lowest BCUT2D eigenvalue weighted by molar-refractivity contribution is 0.819. The quantitative estimate of drug-likeness (QED) is 0.514. The van der Waals surface area contributed by atoms with Crippen molar-refractivity contribution in [3.63, 3.8) is 0 Å². The van der Waals surface area contributed by atoms with Crippen molar-refractivity contribution in [3.05, 3.63) is 23.3 Å². The van der Waals surface area contributed by atoms with Crippen molar-refractivity contribution in [3.8, 4) is 0 Å². The van der Waals surface area contributed by atoms with Crippen LogP contribution in [0.2, 0.25) is 0 Å². The molecule has 1 heterocycles. The summed E-state index contributed by atoms with van der Waals surface area (Å²) in [5.41, 5.74) is 2.85. The average Bonchev–Trinajstić information content (AvgIpc) is 1.99. The van der Waals surface area contributed by atoms with E-state index < -0.39 is 0 Å². The van der Waals surface area contributed by atoms with Gasteiger partial charge in [-0.1, -0.05) is 23.3 Å². The molecule has 50 valence electrons. The van der Waals surface area contributed by atoms with Crippen LogP contribution in [-0.4, -0.2) is 13.1 Å². The maximum absolute atomic E-state index is 3.28. The Bertz CT molecular complexity index is 154. The average molecular weight is 123 g/mol. The predicted molar refractivity (Wildman–Crippen MR) is 40.4 cm³/mol. The van der Waals surface area contributed by atoms with Gasteiger partial charge < -0.3 is 5.32 Å². The summed E-state index contributed by atoms with van der Waals surface area (Å²) >= 11 is 0. The highest BCUT2D eigenvalue weighted by Gasteiger charge is 1.95. The van der Waals surface area contributed by atoms with Gasteiger partial charge in [0, 0.05) is 13.1 Å². The lowest BCUT2D eigenvalue weighted by Gasteiger charge is -1.99. The summed E-state index contributed by atoms with van der Waals surface area (Å²) in [7, 11) is 0. The first kappa shape index (κ1) is 6.56. The van der Waals surface area contributed by atoms with Crippen LogP contribution in [0.4, 0.5) is 0 Å². The highest BCUT2D eigenvalue weighted by molar-refractivity contribution is 5.25. The molecule has 0 bridgehead atoms. The fourth-order valence-electron chi connectivity index (χ4n) is 0.860. The molecular formula is C8H13N. The van der Waals surface area contributed by atoms with Gasteiger partial charge >= 0.3 is 0 Å². The fraction of sp³-hybridized carbons (Fsp3) is 0.500. The molecule has 0 radical (unpaired) electrons. The molecule has 0 amide bonds. The van der Waals surface area contributed by atoms with Crippen LogP contribution in [0.1, 0.15) is 13.8 Å². The minimum atomic E-state index is 1.01. The Labute approximate surface area is 56.5 Å². The Morgan fingerprint density at radius 1 is 1.44 bits per heavy atom. The van der Waals surface area contributed by atoms with Gasteiger partial charge in [-0.2, -0.15) is 0 Å². The summed E-state index contributed by atoms with van der Waals surface area (Å²) < 4.78 is 0. The van der Waals surface area contributed by atoms with E-state index in [9.17, 15) is 0 Å². The molecule has 1 heteroatoms. The van der Waals surface area contributed by atoms with Gasteiger partial charge in [-0.3, -0.25) is 0 Å². The molecule has 0 atom stereocenters. The Hall–Kier alpha value is -0.560. The smallest absolute Gasteiger partial charge is 0.0170 e. The van der Waals surface area contributed by atoms with Gasteiger partial charge in [-0.15, -0.1) is 0 Å². The Balaban J connectivity index is 2.72. The Kier molecular flexibility index (Phi) is 2.06. The van der Waals surface area contributed by atoms with Crippen LogP contribution in [0, 0.1) is 0 Å². The second-order valence-electron chi connectivity index (χ2n) is 2.50. The maximum Gasteiger partial charge on any atom is 0.0170 e. The van der Waals surface area contributed by atoms with Crippen molar-refractivity contribution in [2.75, 3.05) is 13.1 Å². The van der Waals surface area contributed by atoms with E-state index in [1.165, 1.54) is 11.1 Å². The SMILES string of the molecule is CC1=C(C)CNCC=C1. The molecule has 9 heavy (non-hydrogen) atoms. The number of hydrogen-bond acceptors (Lipinski definition) is 1. The zero-order valence-corrected chi connectivity index (χ0v) is 6.07. The van der Waals surface area contributed by atoms with E-state index in [0.717, 1.165) is 13.1 Å². The molecule has 1 rings (SSSR count).